The molecule has 0 fully saturated rings. The van der Waals surface area contributed by atoms with Gasteiger partial charge in [0.25, 0.3) is 0 Å². The quantitative estimate of drug-likeness (QED) is 0.772. The number of furan rings is 1. The zero-order valence-electron chi connectivity index (χ0n) is 11.0. The molecule has 1 N–H and O–H groups in total. The Morgan fingerprint density at radius 3 is 2.71 bits per heavy atom. The Bertz CT molecular complexity index is 368. The predicted molar refractivity (Wildman–Crippen MR) is 66.0 cm³/mol. The fourth-order valence-corrected chi connectivity index (χ4v) is 1.57. The van der Waals surface area contributed by atoms with Gasteiger partial charge in [0.05, 0.1) is 13.2 Å². The maximum atomic E-state index is 11.2. The first-order valence-corrected chi connectivity index (χ1v) is 5.89. The number of ether oxygens (including phenoxy) is 1. The molecule has 1 aromatic heterocycles. The number of hydrogen-bond donors (Lipinski definition) is 1. The predicted octanol–water partition coefficient (Wildman–Crippen LogP) is 2.02. The summed E-state index contributed by atoms with van der Waals surface area (Å²) in [7, 11) is 0. The topological polar surface area (TPSA) is 51.5 Å². The molecule has 4 heteroatoms. The van der Waals surface area contributed by atoms with Crippen molar-refractivity contribution in [3.05, 3.63) is 23.7 Å². The molecule has 0 aliphatic carbocycles. The summed E-state index contributed by atoms with van der Waals surface area (Å²) in [5.74, 6) is 1.60. The first kappa shape index (κ1) is 13.8. The molecule has 0 radical (unpaired) electrons. The molecule has 1 aromatic rings. The van der Waals surface area contributed by atoms with Crippen LogP contribution in [0, 0.1) is 6.92 Å². The zero-order chi connectivity index (χ0) is 12.9. The minimum absolute atomic E-state index is 0.138. The van der Waals surface area contributed by atoms with Gasteiger partial charge in [0.15, 0.2) is 0 Å². The molecule has 4 nitrogen and oxygen atoms in total. The summed E-state index contributed by atoms with van der Waals surface area (Å²) in [6, 6.07) is 3.92. The van der Waals surface area contributed by atoms with Crippen LogP contribution in [0.25, 0.3) is 0 Å². The second-order valence-electron chi connectivity index (χ2n) is 4.70. The van der Waals surface area contributed by atoms with Crippen LogP contribution in [0.4, 0.5) is 0 Å². The average molecular weight is 239 g/mol. The summed E-state index contributed by atoms with van der Waals surface area (Å²) in [6.07, 6.45) is 0. The standard InChI is InChI=1S/C13H21NO3/c1-5-16-12(15)8-14-9-13(3,4)11-7-6-10(2)17-11/h6-7,14H,5,8-9H2,1-4H3. The Balaban J connectivity index is 2.42. The monoisotopic (exact) mass is 239 g/mol. The number of rotatable bonds is 6. The molecular formula is C13H21NO3. The lowest BCUT2D eigenvalue weighted by Crippen LogP contribution is -2.36. The largest absolute Gasteiger partial charge is 0.466 e. The van der Waals surface area contributed by atoms with Crippen molar-refractivity contribution < 1.29 is 13.9 Å². The Morgan fingerprint density at radius 1 is 1.47 bits per heavy atom. The second kappa shape index (κ2) is 5.87. The van der Waals surface area contributed by atoms with E-state index < -0.39 is 0 Å². The lowest BCUT2D eigenvalue weighted by atomic mass is 9.90. The van der Waals surface area contributed by atoms with Crippen LogP contribution in [0.15, 0.2) is 16.5 Å². The molecule has 0 amide bonds. The number of carbonyl (C=O) groups excluding carboxylic acids is 1. The van der Waals surface area contributed by atoms with Gasteiger partial charge in [-0.3, -0.25) is 4.79 Å². The molecular weight excluding hydrogens is 218 g/mol. The highest BCUT2D eigenvalue weighted by molar-refractivity contribution is 5.71. The Kier molecular flexibility index (Phi) is 4.75. The van der Waals surface area contributed by atoms with E-state index in [1.807, 2.05) is 19.1 Å². The van der Waals surface area contributed by atoms with E-state index in [4.69, 9.17) is 9.15 Å². The molecule has 0 spiro atoms. The van der Waals surface area contributed by atoms with Gasteiger partial charge in [0, 0.05) is 12.0 Å². The van der Waals surface area contributed by atoms with E-state index in [0.717, 1.165) is 11.5 Å². The van der Waals surface area contributed by atoms with Gasteiger partial charge < -0.3 is 14.5 Å². The third-order valence-electron chi connectivity index (χ3n) is 2.55. The van der Waals surface area contributed by atoms with Crippen molar-refractivity contribution in [2.45, 2.75) is 33.1 Å². The van der Waals surface area contributed by atoms with E-state index in [1.54, 1.807) is 6.92 Å². The molecule has 0 atom stereocenters. The van der Waals surface area contributed by atoms with Crippen LogP contribution in [0.3, 0.4) is 0 Å². The summed E-state index contributed by atoms with van der Waals surface area (Å²) < 4.78 is 10.4. The van der Waals surface area contributed by atoms with Crippen LogP contribution >= 0.6 is 0 Å². The lowest BCUT2D eigenvalue weighted by Gasteiger charge is -2.22. The van der Waals surface area contributed by atoms with Crippen molar-refractivity contribution in [3.63, 3.8) is 0 Å². The molecule has 0 aromatic carbocycles. The first-order valence-electron chi connectivity index (χ1n) is 5.89. The van der Waals surface area contributed by atoms with Crippen LogP contribution < -0.4 is 5.32 Å². The number of hydrogen-bond acceptors (Lipinski definition) is 4. The van der Waals surface area contributed by atoms with Crippen molar-refractivity contribution in [1.29, 1.82) is 0 Å². The van der Waals surface area contributed by atoms with Gasteiger partial charge in [-0.2, -0.15) is 0 Å². The van der Waals surface area contributed by atoms with E-state index in [2.05, 4.69) is 19.2 Å². The van der Waals surface area contributed by atoms with Crippen molar-refractivity contribution >= 4 is 5.97 Å². The van der Waals surface area contributed by atoms with Crippen LogP contribution in [0.2, 0.25) is 0 Å². The van der Waals surface area contributed by atoms with Crippen LogP contribution in [-0.2, 0) is 14.9 Å². The summed E-state index contributed by atoms with van der Waals surface area (Å²) in [5.41, 5.74) is -0.138. The smallest absolute Gasteiger partial charge is 0.319 e. The first-order chi connectivity index (χ1) is 7.95. The third kappa shape index (κ3) is 4.23. The molecule has 96 valence electrons. The Labute approximate surface area is 102 Å². The Hall–Kier alpha value is -1.29. The van der Waals surface area contributed by atoms with Crippen molar-refractivity contribution in [2.24, 2.45) is 0 Å². The van der Waals surface area contributed by atoms with Crippen LogP contribution in [0.1, 0.15) is 32.3 Å². The van der Waals surface area contributed by atoms with Crippen molar-refractivity contribution in [2.75, 3.05) is 19.7 Å². The summed E-state index contributed by atoms with van der Waals surface area (Å²) in [6.45, 7) is 9.18. The van der Waals surface area contributed by atoms with Crippen LogP contribution in [-0.4, -0.2) is 25.7 Å². The van der Waals surface area contributed by atoms with Crippen molar-refractivity contribution in [3.8, 4) is 0 Å². The maximum absolute atomic E-state index is 11.2. The van der Waals surface area contributed by atoms with E-state index in [-0.39, 0.29) is 17.9 Å². The molecule has 1 rings (SSSR count). The zero-order valence-corrected chi connectivity index (χ0v) is 11.0. The van der Waals surface area contributed by atoms with Gasteiger partial charge >= 0.3 is 5.97 Å². The highest BCUT2D eigenvalue weighted by atomic mass is 16.5. The van der Waals surface area contributed by atoms with E-state index in [9.17, 15) is 4.79 Å². The number of carbonyl (C=O) groups is 1. The number of esters is 1. The Morgan fingerprint density at radius 2 is 2.18 bits per heavy atom. The second-order valence-corrected chi connectivity index (χ2v) is 4.70. The lowest BCUT2D eigenvalue weighted by molar-refractivity contribution is -0.142. The minimum atomic E-state index is -0.223. The highest BCUT2D eigenvalue weighted by Gasteiger charge is 2.24. The molecule has 0 aliphatic heterocycles. The van der Waals surface area contributed by atoms with E-state index >= 15 is 0 Å². The van der Waals surface area contributed by atoms with Crippen LogP contribution in [0.5, 0.6) is 0 Å². The summed E-state index contributed by atoms with van der Waals surface area (Å²) in [4.78, 5) is 11.2. The SMILES string of the molecule is CCOC(=O)CNCC(C)(C)c1ccc(C)o1. The fraction of sp³-hybridized carbons (Fsp3) is 0.615. The fourth-order valence-electron chi connectivity index (χ4n) is 1.57. The summed E-state index contributed by atoms with van der Waals surface area (Å²) in [5, 5.41) is 3.08. The van der Waals surface area contributed by atoms with Gasteiger partial charge in [0.2, 0.25) is 0 Å². The molecule has 0 aliphatic rings. The highest BCUT2D eigenvalue weighted by Crippen LogP contribution is 2.24. The average Bonchev–Trinajstić information content (AvgIpc) is 2.65. The number of aryl methyl sites for hydroxylation is 1. The molecule has 0 saturated heterocycles. The minimum Gasteiger partial charge on any atom is -0.466 e. The number of nitrogens with one attached hydrogen (secondary N) is 1. The van der Waals surface area contributed by atoms with Gasteiger partial charge in [0.1, 0.15) is 11.5 Å². The molecule has 17 heavy (non-hydrogen) atoms. The van der Waals surface area contributed by atoms with Crippen molar-refractivity contribution in [1.82, 2.24) is 5.32 Å². The third-order valence-corrected chi connectivity index (χ3v) is 2.55. The van der Waals surface area contributed by atoms with Gasteiger partial charge in [-0.05, 0) is 26.0 Å². The summed E-state index contributed by atoms with van der Waals surface area (Å²) >= 11 is 0. The van der Waals surface area contributed by atoms with Gasteiger partial charge in [-0.1, -0.05) is 13.8 Å². The van der Waals surface area contributed by atoms with E-state index in [0.29, 0.717) is 13.2 Å². The van der Waals surface area contributed by atoms with E-state index in [1.165, 1.54) is 0 Å². The molecule has 1 heterocycles. The van der Waals surface area contributed by atoms with Gasteiger partial charge in [-0.25, -0.2) is 0 Å². The molecule has 0 bridgehead atoms. The molecule has 0 unspecified atom stereocenters. The maximum Gasteiger partial charge on any atom is 0.319 e. The normalized spacial score (nSPS) is 11.5. The molecule has 0 saturated carbocycles. The van der Waals surface area contributed by atoms with Gasteiger partial charge in [-0.15, -0.1) is 0 Å².